The SMILES string of the molecule is O=S(O)CC1(OCc2ccccc2)CCNCC1. The molecule has 1 aromatic carbocycles. The van der Waals surface area contributed by atoms with Crippen LogP contribution in [0.25, 0.3) is 0 Å². The lowest BCUT2D eigenvalue weighted by atomic mass is 9.94. The van der Waals surface area contributed by atoms with Crippen molar-refractivity contribution in [1.82, 2.24) is 5.32 Å². The van der Waals surface area contributed by atoms with Crippen molar-refractivity contribution in [3.05, 3.63) is 35.9 Å². The van der Waals surface area contributed by atoms with Gasteiger partial charge in [-0.05, 0) is 31.5 Å². The average molecular weight is 269 g/mol. The highest BCUT2D eigenvalue weighted by Crippen LogP contribution is 2.25. The number of hydrogen-bond donors (Lipinski definition) is 2. The van der Waals surface area contributed by atoms with Crippen molar-refractivity contribution >= 4 is 11.1 Å². The van der Waals surface area contributed by atoms with Crippen molar-refractivity contribution in [3.63, 3.8) is 0 Å². The second-order valence-electron chi connectivity index (χ2n) is 4.67. The number of ether oxygens (including phenoxy) is 1. The van der Waals surface area contributed by atoms with Crippen LogP contribution < -0.4 is 5.32 Å². The lowest BCUT2D eigenvalue weighted by Gasteiger charge is -2.36. The van der Waals surface area contributed by atoms with Crippen LogP contribution in [0.3, 0.4) is 0 Å². The second kappa shape index (κ2) is 6.43. The summed E-state index contributed by atoms with van der Waals surface area (Å²) >= 11 is -1.81. The Morgan fingerprint density at radius 1 is 1.28 bits per heavy atom. The van der Waals surface area contributed by atoms with Crippen LogP contribution in [0, 0.1) is 0 Å². The molecule has 2 N–H and O–H groups in total. The molecule has 0 saturated carbocycles. The van der Waals surface area contributed by atoms with Gasteiger partial charge in [0.15, 0.2) is 11.1 Å². The first-order valence-electron chi connectivity index (χ1n) is 6.16. The molecule has 1 unspecified atom stereocenters. The van der Waals surface area contributed by atoms with Gasteiger partial charge in [0.05, 0.1) is 18.0 Å². The van der Waals surface area contributed by atoms with Gasteiger partial charge in [0.25, 0.3) is 0 Å². The first kappa shape index (κ1) is 13.7. The van der Waals surface area contributed by atoms with Gasteiger partial charge in [0.1, 0.15) is 0 Å². The van der Waals surface area contributed by atoms with Crippen molar-refractivity contribution in [2.45, 2.75) is 25.0 Å². The molecule has 1 atom stereocenters. The van der Waals surface area contributed by atoms with E-state index in [-0.39, 0.29) is 5.75 Å². The number of nitrogens with one attached hydrogen (secondary N) is 1. The van der Waals surface area contributed by atoms with E-state index < -0.39 is 16.7 Å². The van der Waals surface area contributed by atoms with E-state index in [9.17, 15) is 4.21 Å². The lowest BCUT2D eigenvalue weighted by molar-refractivity contribution is -0.0595. The molecule has 0 aromatic heterocycles. The third-order valence-corrected chi connectivity index (χ3v) is 4.06. The third kappa shape index (κ3) is 3.88. The van der Waals surface area contributed by atoms with Gasteiger partial charge in [-0.1, -0.05) is 30.3 Å². The number of benzene rings is 1. The molecule has 0 amide bonds. The van der Waals surface area contributed by atoms with Crippen LogP contribution in [0.15, 0.2) is 30.3 Å². The summed E-state index contributed by atoms with van der Waals surface area (Å²) in [6.45, 7) is 2.18. The summed E-state index contributed by atoms with van der Waals surface area (Å²) < 4.78 is 26.2. The highest BCUT2D eigenvalue weighted by atomic mass is 32.2. The van der Waals surface area contributed by atoms with Crippen molar-refractivity contribution in [2.24, 2.45) is 0 Å². The Morgan fingerprint density at radius 3 is 2.56 bits per heavy atom. The molecule has 100 valence electrons. The smallest absolute Gasteiger partial charge is 0.155 e. The van der Waals surface area contributed by atoms with Crippen LogP contribution in [-0.4, -0.2) is 33.2 Å². The zero-order chi connectivity index (χ0) is 12.8. The van der Waals surface area contributed by atoms with E-state index in [0.717, 1.165) is 31.5 Å². The number of hydrogen-bond acceptors (Lipinski definition) is 3. The second-order valence-corrected chi connectivity index (χ2v) is 5.60. The van der Waals surface area contributed by atoms with Crippen molar-refractivity contribution < 1.29 is 13.5 Å². The predicted octanol–water partition coefficient (Wildman–Crippen LogP) is 1.55. The van der Waals surface area contributed by atoms with Crippen molar-refractivity contribution in [3.8, 4) is 0 Å². The first-order valence-corrected chi connectivity index (χ1v) is 7.44. The molecule has 1 aliphatic heterocycles. The largest absolute Gasteiger partial charge is 0.369 e. The molecule has 1 saturated heterocycles. The van der Waals surface area contributed by atoms with Gasteiger partial charge in [-0.2, -0.15) is 0 Å². The van der Waals surface area contributed by atoms with Crippen molar-refractivity contribution in [1.29, 1.82) is 0 Å². The molecule has 0 aliphatic carbocycles. The van der Waals surface area contributed by atoms with Crippen LogP contribution in [-0.2, 0) is 22.4 Å². The quantitative estimate of drug-likeness (QED) is 0.796. The number of rotatable bonds is 5. The third-order valence-electron chi connectivity index (χ3n) is 3.29. The van der Waals surface area contributed by atoms with Crippen LogP contribution in [0.4, 0.5) is 0 Å². The fourth-order valence-electron chi connectivity index (χ4n) is 2.25. The fraction of sp³-hybridized carbons (Fsp3) is 0.538. The molecule has 18 heavy (non-hydrogen) atoms. The maximum Gasteiger partial charge on any atom is 0.155 e. The first-order chi connectivity index (χ1) is 8.70. The lowest BCUT2D eigenvalue weighted by Crippen LogP contribution is -2.47. The van der Waals surface area contributed by atoms with Crippen LogP contribution in [0.1, 0.15) is 18.4 Å². The maximum absolute atomic E-state index is 11.1. The molecule has 1 aromatic rings. The summed E-state index contributed by atoms with van der Waals surface area (Å²) in [5, 5.41) is 3.25. The van der Waals surface area contributed by atoms with E-state index in [1.54, 1.807) is 0 Å². The predicted molar refractivity (Wildman–Crippen MR) is 71.7 cm³/mol. The van der Waals surface area contributed by atoms with Crippen LogP contribution in [0.2, 0.25) is 0 Å². The topological polar surface area (TPSA) is 58.6 Å². The molecular weight excluding hydrogens is 250 g/mol. The Kier molecular flexibility index (Phi) is 4.88. The average Bonchev–Trinajstić information content (AvgIpc) is 2.38. The Morgan fingerprint density at radius 2 is 1.94 bits per heavy atom. The Bertz CT molecular complexity index is 390. The van der Waals surface area contributed by atoms with Crippen molar-refractivity contribution in [2.75, 3.05) is 18.8 Å². The minimum atomic E-state index is -1.81. The summed E-state index contributed by atoms with van der Waals surface area (Å²) in [7, 11) is 0. The van der Waals surface area contributed by atoms with Gasteiger partial charge in [0.2, 0.25) is 0 Å². The van der Waals surface area contributed by atoms with Gasteiger partial charge in [-0.15, -0.1) is 0 Å². The normalized spacial score (nSPS) is 20.5. The number of piperidine rings is 1. The Hall–Kier alpha value is -0.750. The summed E-state index contributed by atoms with van der Waals surface area (Å²) in [5.41, 5.74) is 0.639. The molecule has 1 aliphatic rings. The van der Waals surface area contributed by atoms with E-state index in [0.29, 0.717) is 6.61 Å². The zero-order valence-electron chi connectivity index (χ0n) is 10.3. The van der Waals surface area contributed by atoms with Gasteiger partial charge < -0.3 is 14.6 Å². The standard InChI is InChI=1S/C13H19NO3S/c15-18(16)11-13(6-8-14-9-7-13)17-10-12-4-2-1-3-5-12/h1-5,14H,6-11H2,(H,15,16). The van der Waals surface area contributed by atoms with E-state index in [1.807, 2.05) is 30.3 Å². The molecule has 0 bridgehead atoms. The van der Waals surface area contributed by atoms with Crippen LogP contribution >= 0.6 is 0 Å². The zero-order valence-corrected chi connectivity index (χ0v) is 11.1. The molecule has 0 radical (unpaired) electrons. The summed E-state index contributed by atoms with van der Waals surface area (Å²) in [4.78, 5) is 0. The van der Waals surface area contributed by atoms with E-state index >= 15 is 0 Å². The van der Waals surface area contributed by atoms with E-state index in [1.165, 1.54) is 0 Å². The van der Waals surface area contributed by atoms with E-state index in [4.69, 9.17) is 9.29 Å². The molecule has 4 nitrogen and oxygen atoms in total. The Labute approximate surface area is 110 Å². The molecule has 0 spiro atoms. The van der Waals surface area contributed by atoms with Gasteiger partial charge >= 0.3 is 0 Å². The fourth-order valence-corrected chi connectivity index (χ4v) is 3.07. The Balaban J connectivity index is 1.99. The van der Waals surface area contributed by atoms with Gasteiger partial charge in [-0.25, -0.2) is 4.21 Å². The molecule has 2 rings (SSSR count). The van der Waals surface area contributed by atoms with Crippen LogP contribution in [0.5, 0.6) is 0 Å². The monoisotopic (exact) mass is 269 g/mol. The molecule has 5 heteroatoms. The highest BCUT2D eigenvalue weighted by Gasteiger charge is 2.34. The minimum Gasteiger partial charge on any atom is -0.369 e. The summed E-state index contributed by atoms with van der Waals surface area (Å²) in [6, 6.07) is 9.91. The minimum absolute atomic E-state index is 0.196. The molecular formula is C13H19NO3S. The summed E-state index contributed by atoms with van der Waals surface area (Å²) in [5.74, 6) is 0.196. The summed E-state index contributed by atoms with van der Waals surface area (Å²) in [6.07, 6.45) is 1.57. The van der Waals surface area contributed by atoms with Gasteiger partial charge in [0, 0.05) is 0 Å². The maximum atomic E-state index is 11.1. The molecule has 1 fully saturated rings. The molecule has 1 heterocycles. The van der Waals surface area contributed by atoms with E-state index in [2.05, 4.69) is 5.32 Å². The highest BCUT2D eigenvalue weighted by molar-refractivity contribution is 7.79. The van der Waals surface area contributed by atoms with Gasteiger partial charge in [-0.3, -0.25) is 0 Å².